The molecule has 5 heteroatoms. The van der Waals surface area contributed by atoms with Gasteiger partial charge in [0.1, 0.15) is 16.9 Å². The van der Waals surface area contributed by atoms with Gasteiger partial charge in [0.05, 0.1) is 0 Å². The Morgan fingerprint density at radius 1 is 1.10 bits per heavy atom. The van der Waals surface area contributed by atoms with Crippen LogP contribution in [0.25, 0.3) is 0 Å². The standard InChI is InChI=1S/C16H14N2O2S/c1-19-14-16(18-15(17)21-14)10-6-2-4-8-12(10)20-13-9-5-3-7-11(13)16/h2-9,14H,1H3,(H2,17,18). The monoisotopic (exact) mass is 298 g/mol. The van der Waals surface area contributed by atoms with Crippen molar-refractivity contribution in [3.63, 3.8) is 0 Å². The van der Waals surface area contributed by atoms with Gasteiger partial charge in [0.2, 0.25) is 0 Å². The summed E-state index contributed by atoms with van der Waals surface area (Å²) in [5, 5.41) is 0.536. The quantitative estimate of drug-likeness (QED) is 0.879. The van der Waals surface area contributed by atoms with Crippen LogP contribution in [0.2, 0.25) is 0 Å². The Hall–Kier alpha value is -1.98. The first-order valence-electron chi connectivity index (χ1n) is 6.67. The van der Waals surface area contributed by atoms with Crippen LogP contribution in [-0.4, -0.2) is 17.7 Å². The van der Waals surface area contributed by atoms with Gasteiger partial charge < -0.3 is 15.2 Å². The van der Waals surface area contributed by atoms with Crippen molar-refractivity contribution >= 4 is 16.9 Å². The molecule has 2 heterocycles. The zero-order valence-electron chi connectivity index (χ0n) is 11.4. The molecular weight excluding hydrogens is 284 g/mol. The molecule has 1 atom stereocenters. The molecule has 2 aliphatic rings. The Kier molecular flexibility index (Phi) is 2.74. The topological polar surface area (TPSA) is 56.8 Å². The van der Waals surface area contributed by atoms with Crippen molar-refractivity contribution in [1.82, 2.24) is 0 Å². The van der Waals surface area contributed by atoms with Crippen molar-refractivity contribution in [2.45, 2.75) is 11.0 Å². The van der Waals surface area contributed by atoms with Crippen molar-refractivity contribution in [3.05, 3.63) is 59.7 Å². The number of amidine groups is 1. The van der Waals surface area contributed by atoms with Gasteiger partial charge in [-0.05, 0) is 12.1 Å². The molecule has 0 aromatic heterocycles. The molecule has 0 saturated heterocycles. The number of para-hydroxylation sites is 2. The van der Waals surface area contributed by atoms with Crippen molar-refractivity contribution < 1.29 is 9.47 Å². The highest BCUT2D eigenvalue weighted by molar-refractivity contribution is 8.14. The summed E-state index contributed by atoms with van der Waals surface area (Å²) in [4.78, 5) is 4.77. The van der Waals surface area contributed by atoms with E-state index in [0.717, 1.165) is 22.6 Å². The van der Waals surface area contributed by atoms with Crippen LogP contribution in [0.1, 0.15) is 11.1 Å². The van der Waals surface area contributed by atoms with Crippen LogP contribution in [0.5, 0.6) is 11.5 Å². The molecule has 0 amide bonds. The Morgan fingerprint density at radius 2 is 1.67 bits per heavy atom. The zero-order chi connectivity index (χ0) is 14.4. The van der Waals surface area contributed by atoms with E-state index in [9.17, 15) is 0 Å². The lowest BCUT2D eigenvalue weighted by Crippen LogP contribution is -2.38. The fourth-order valence-corrected chi connectivity index (χ4v) is 4.03. The summed E-state index contributed by atoms with van der Waals surface area (Å²) in [7, 11) is 1.69. The molecule has 0 radical (unpaired) electrons. The van der Waals surface area contributed by atoms with Crippen LogP contribution in [0.15, 0.2) is 53.5 Å². The fraction of sp³-hybridized carbons (Fsp3) is 0.188. The summed E-state index contributed by atoms with van der Waals surface area (Å²) in [6, 6.07) is 15.8. The smallest absolute Gasteiger partial charge is 0.157 e. The van der Waals surface area contributed by atoms with E-state index in [1.165, 1.54) is 11.8 Å². The third-order valence-electron chi connectivity index (χ3n) is 3.88. The molecule has 0 bridgehead atoms. The number of methoxy groups -OCH3 is 1. The molecule has 2 aliphatic heterocycles. The molecule has 2 aromatic rings. The first-order valence-corrected chi connectivity index (χ1v) is 7.55. The lowest BCUT2D eigenvalue weighted by molar-refractivity contribution is 0.120. The van der Waals surface area contributed by atoms with E-state index in [-0.39, 0.29) is 5.44 Å². The number of thioether (sulfide) groups is 1. The SMILES string of the molecule is COC1SC(N)=NC12c1ccccc1Oc1ccccc12. The van der Waals surface area contributed by atoms with Gasteiger partial charge in [0.15, 0.2) is 10.7 Å². The third kappa shape index (κ3) is 1.65. The van der Waals surface area contributed by atoms with Crippen LogP contribution >= 0.6 is 11.8 Å². The number of ether oxygens (including phenoxy) is 2. The number of nitrogens with two attached hydrogens (primary N) is 1. The lowest BCUT2D eigenvalue weighted by Gasteiger charge is -2.37. The van der Waals surface area contributed by atoms with E-state index < -0.39 is 5.54 Å². The van der Waals surface area contributed by atoms with E-state index in [0.29, 0.717) is 5.17 Å². The maximum absolute atomic E-state index is 6.02. The molecule has 0 aliphatic carbocycles. The summed E-state index contributed by atoms with van der Waals surface area (Å²) in [5.74, 6) is 1.61. The van der Waals surface area contributed by atoms with Gasteiger partial charge in [-0.2, -0.15) is 0 Å². The molecule has 2 N–H and O–H groups in total. The van der Waals surface area contributed by atoms with E-state index in [1.54, 1.807) is 7.11 Å². The number of aliphatic imine (C=N–C) groups is 1. The maximum atomic E-state index is 6.02. The number of rotatable bonds is 1. The summed E-state index contributed by atoms with van der Waals surface area (Å²) in [6.07, 6.45) is 0. The highest BCUT2D eigenvalue weighted by Gasteiger charge is 2.52. The second-order valence-corrected chi connectivity index (χ2v) is 6.08. The number of fused-ring (bicyclic) bond motifs is 4. The minimum atomic E-state index is -0.644. The van der Waals surface area contributed by atoms with Crippen molar-refractivity contribution in [1.29, 1.82) is 0 Å². The summed E-state index contributed by atoms with van der Waals surface area (Å²) >= 11 is 1.45. The first kappa shape index (κ1) is 12.7. The Morgan fingerprint density at radius 3 is 2.24 bits per heavy atom. The highest BCUT2D eigenvalue weighted by atomic mass is 32.2. The Bertz CT molecular complexity index is 699. The van der Waals surface area contributed by atoms with Gasteiger partial charge in [-0.1, -0.05) is 48.2 Å². The predicted octanol–water partition coefficient (Wildman–Crippen LogP) is 3.07. The van der Waals surface area contributed by atoms with Crippen LogP contribution in [0.4, 0.5) is 0 Å². The molecular formula is C16H14N2O2S. The molecule has 4 nitrogen and oxygen atoms in total. The highest BCUT2D eigenvalue weighted by Crippen LogP contribution is 2.56. The molecule has 106 valence electrons. The van der Waals surface area contributed by atoms with E-state index in [2.05, 4.69) is 0 Å². The molecule has 0 fully saturated rings. The van der Waals surface area contributed by atoms with Gasteiger partial charge >= 0.3 is 0 Å². The van der Waals surface area contributed by atoms with E-state index >= 15 is 0 Å². The van der Waals surface area contributed by atoms with Crippen molar-refractivity contribution in [3.8, 4) is 11.5 Å². The lowest BCUT2D eigenvalue weighted by atomic mass is 9.81. The van der Waals surface area contributed by atoms with Gasteiger partial charge in [-0.15, -0.1) is 0 Å². The minimum Gasteiger partial charge on any atom is -0.457 e. The summed E-state index contributed by atoms with van der Waals surface area (Å²) in [6.45, 7) is 0. The van der Waals surface area contributed by atoms with Gasteiger partial charge in [0, 0.05) is 18.2 Å². The second kappa shape index (κ2) is 4.51. The predicted molar refractivity (Wildman–Crippen MR) is 83.7 cm³/mol. The summed E-state index contributed by atoms with van der Waals surface area (Å²) in [5.41, 5.74) is 7.14. The molecule has 0 saturated carbocycles. The Balaban J connectivity index is 2.06. The van der Waals surface area contributed by atoms with Crippen LogP contribution in [-0.2, 0) is 10.3 Å². The number of hydrogen-bond donors (Lipinski definition) is 1. The normalized spacial score (nSPS) is 21.4. The third-order valence-corrected chi connectivity index (χ3v) is 4.97. The van der Waals surface area contributed by atoms with Gasteiger partial charge in [0.25, 0.3) is 0 Å². The average Bonchev–Trinajstić information content (AvgIpc) is 2.85. The van der Waals surface area contributed by atoms with E-state index in [1.807, 2.05) is 48.5 Å². The maximum Gasteiger partial charge on any atom is 0.157 e. The van der Waals surface area contributed by atoms with Crippen LogP contribution in [0.3, 0.4) is 0 Å². The molecule has 4 rings (SSSR count). The first-order chi connectivity index (χ1) is 10.3. The molecule has 1 unspecified atom stereocenters. The van der Waals surface area contributed by atoms with Crippen molar-refractivity contribution in [2.75, 3.05) is 7.11 Å². The number of nitrogens with zero attached hydrogens (tertiary/aromatic N) is 1. The number of hydrogen-bond acceptors (Lipinski definition) is 5. The summed E-state index contributed by atoms with van der Waals surface area (Å²) < 4.78 is 11.7. The number of benzene rings is 2. The Labute approximate surface area is 127 Å². The molecule has 1 spiro atoms. The fourth-order valence-electron chi connectivity index (χ4n) is 3.05. The minimum absolute atomic E-state index is 0.205. The molecule has 2 aromatic carbocycles. The van der Waals surface area contributed by atoms with Crippen LogP contribution in [0, 0.1) is 0 Å². The molecule has 21 heavy (non-hydrogen) atoms. The van der Waals surface area contributed by atoms with Gasteiger partial charge in [-0.25, -0.2) is 4.99 Å². The average molecular weight is 298 g/mol. The van der Waals surface area contributed by atoms with Crippen molar-refractivity contribution in [2.24, 2.45) is 10.7 Å². The second-order valence-electron chi connectivity index (χ2n) is 5.00. The van der Waals surface area contributed by atoms with E-state index in [4.69, 9.17) is 20.2 Å². The zero-order valence-corrected chi connectivity index (χ0v) is 12.3. The van der Waals surface area contributed by atoms with Gasteiger partial charge in [-0.3, -0.25) is 0 Å². The van der Waals surface area contributed by atoms with Crippen LogP contribution < -0.4 is 10.5 Å². The largest absolute Gasteiger partial charge is 0.457 e.